The minimum Gasteiger partial charge on any atom is -0.619 e. The fraction of sp³-hybridized carbons (Fsp3) is 0.697. The van der Waals surface area contributed by atoms with Crippen LogP contribution in [0, 0.1) is 17.0 Å². The van der Waals surface area contributed by atoms with Crippen LogP contribution in [0.2, 0.25) is 0 Å². The van der Waals surface area contributed by atoms with Crippen molar-refractivity contribution >= 4 is 29.5 Å². The Morgan fingerprint density at radius 1 is 0.848 bits per heavy atom. The van der Waals surface area contributed by atoms with Crippen molar-refractivity contribution in [1.29, 1.82) is 0 Å². The van der Waals surface area contributed by atoms with Gasteiger partial charge < -0.3 is 36.7 Å². The van der Waals surface area contributed by atoms with E-state index in [9.17, 15) is 29.2 Å². The summed E-state index contributed by atoms with van der Waals surface area (Å²) in [6.45, 7) is 15.9. The molecule has 1 aromatic rings. The molecule has 1 heterocycles. The van der Waals surface area contributed by atoms with E-state index in [2.05, 4.69) is 26.6 Å². The smallest absolute Gasteiger partial charge is 0.252 e. The molecule has 5 N–H and O–H groups in total. The second-order valence-corrected chi connectivity index (χ2v) is 12.6. The summed E-state index contributed by atoms with van der Waals surface area (Å²) in [5.74, 6) is -1.59. The molecular weight excluding hydrogens is 590 g/mol. The Kier molecular flexibility index (Phi) is 17.9. The van der Waals surface area contributed by atoms with Crippen LogP contribution in [0.1, 0.15) is 97.9 Å². The summed E-state index contributed by atoms with van der Waals surface area (Å²) in [6.07, 6.45) is 5.12. The SMILES string of the molecule is CCC[C@H](NC(=O)c1cc[n+]([O-])cc1)C(=O)N(C)[C@@H](CCC)C(=O)N[C@H](CN[C@@H](C)C(=O)N[C@H](C(=O)NCC)C(C)C)CC(C)C. The number of nitrogens with zero attached hydrogens (tertiary/aromatic N) is 2. The fourth-order valence-corrected chi connectivity index (χ4v) is 5.09. The highest BCUT2D eigenvalue weighted by Gasteiger charge is 2.33. The van der Waals surface area contributed by atoms with Crippen molar-refractivity contribution in [3.05, 3.63) is 35.3 Å². The molecule has 0 aliphatic carbocycles. The van der Waals surface area contributed by atoms with Crippen molar-refractivity contribution < 1.29 is 28.7 Å². The van der Waals surface area contributed by atoms with E-state index < -0.39 is 30.1 Å². The number of likely N-dealkylation sites (N-methyl/N-ethyl adjacent to an activating group) is 2. The molecule has 13 nitrogen and oxygen atoms in total. The molecule has 0 radical (unpaired) electrons. The second-order valence-electron chi connectivity index (χ2n) is 12.6. The van der Waals surface area contributed by atoms with Crippen LogP contribution in [-0.4, -0.2) is 84.8 Å². The Hall–Kier alpha value is -3.74. The molecule has 46 heavy (non-hydrogen) atoms. The highest BCUT2D eigenvalue weighted by atomic mass is 16.5. The summed E-state index contributed by atoms with van der Waals surface area (Å²) in [6, 6.07) is -0.481. The third-order valence-corrected chi connectivity index (χ3v) is 7.69. The van der Waals surface area contributed by atoms with Crippen LogP contribution in [0.5, 0.6) is 0 Å². The Morgan fingerprint density at radius 3 is 1.98 bits per heavy atom. The van der Waals surface area contributed by atoms with Crippen molar-refractivity contribution in [2.75, 3.05) is 20.1 Å². The van der Waals surface area contributed by atoms with E-state index in [0.29, 0.717) is 49.9 Å². The first-order chi connectivity index (χ1) is 21.7. The summed E-state index contributed by atoms with van der Waals surface area (Å²) in [5.41, 5.74) is 0.252. The van der Waals surface area contributed by atoms with E-state index in [1.165, 1.54) is 29.4 Å². The van der Waals surface area contributed by atoms with Crippen LogP contribution in [-0.2, 0) is 19.2 Å². The predicted octanol–water partition coefficient (Wildman–Crippen LogP) is 1.63. The molecule has 13 heteroatoms. The quantitative estimate of drug-likeness (QED) is 0.106. The third-order valence-electron chi connectivity index (χ3n) is 7.69. The molecule has 260 valence electrons. The van der Waals surface area contributed by atoms with Gasteiger partial charge in [0.25, 0.3) is 5.91 Å². The lowest BCUT2D eigenvalue weighted by Gasteiger charge is -2.32. The lowest BCUT2D eigenvalue weighted by molar-refractivity contribution is -0.605. The van der Waals surface area contributed by atoms with Gasteiger partial charge in [-0.15, -0.1) is 0 Å². The first-order valence-electron chi connectivity index (χ1n) is 16.5. The highest BCUT2D eigenvalue weighted by Crippen LogP contribution is 2.13. The zero-order valence-corrected chi connectivity index (χ0v) is 29.1. The van der Waals surface area contributed by atoms with Crippen molar-refractivity contribution in [3.8, 4) is 0 Å². The fourth-order valence-electron chi connectivity index (χ4n) is 5.09. The number of aromatic nitrogens is 1. The number of rotatable bonds is 20. The van der Waals surface area contributed by atoms with Gasteiger partial charge in [0.05, 0.1) is 11.6 Å². The molecule has 0 aromatic carbocycles. The van der Waals surface area contributed by atoms with Gasteiger partial charge in [-0.2, -0.15) is 4.73 Å². The monoisotopic (exact) mass is 647 g/mol. The molecule has 0 unspecified atom stereocenters. The number of hydrogen-bond acceptors (Lipinski definition) is 7. The van der Waals surface area contributed by atoms with Gasteiger partial charge >= 0.3 is 0 Å². The van der Waals surface area contributed by atoms with Crippen molar-refractivity contribution in [1.82, 2.24) is 31.5 Å². The van der Waals surface area contributed by atoms with Gasteiger partial charge in [-0.05, 0) is 44.9 Å². The van der Waals surface area contributed by atoms with E-state index in [-0.39, 0.29) is 47.1 Å². The molecule has 5 atom stereocenters. The average molecular weight is 648 g/mol. The molecule has 0 saturated heterocycles. The van der Waals surface area contributed by atoms with E-state index in [1.54, 1.807) is 14.0 Å². The van der Waals surface area contributed by atoms with E-state index in [4.69, 9.17) is 0 Å². The lowest BCUT2D eigenvalue weighted by Crippen LogP contribution is -2.57. The molecule has 0 saturated carbocycles. The van der Waals surface area contributed by atoms with Crippen molar-refractivity contribution in [2.24, 2.45) is 11.8 Å². The second kappa shape index (κ2) is 20.4. The van der Waals surface area contributed by atoms with Gasteiger partial charge in [-0.3, -0.25) is 24.0 Å². The maximum Gasteiger partial charge on any atom is 0.252 e. The number of amides is 5. The Labute approximate surface area is 274 Å². The van der Waals surface area contributed by atoms with Gasteiger partial charge in [-0.25, -0.2) is 0 Å². The Balaban J connectivity index is 3.00. The molecular formula is C33H57N7O6. The number of nitrogens with one attached hydrogen (secondary N) is 5. The average Bonchev–Trinajstić information content (AvgIpc) is 2.99. The molecule has 1 aromatic heterocycles. The summed E-state index contributed by atoms with van der Waals surface area (Å²) < 4.78 is 0.571. The van der Waals surface area contributed by atoms with E-state index in [0.717, 1.165) is 0 Å². The summed E-state index contributed by atoms with van der Waals surface area (Å²) in [7, 11) is 1.57. The van der Waals surface area contributed by atoms with Gasteiger partial charge in [0, 0.05) is 38.3 Å². The van der Waals surface area contributed by atoms with E-state index >= 15 is 0 Å². The zero-order chi connectivity index (χ0) is 35.0. The number of hydrogen-bond donors (Lipinski definition) is 5. The van der Waals surface area contributed by atoms with Crippen LogP contribution < -0.4 is 31.3 Å². The maximum absolute atomic E-state index is 13.7. The molecule has 5 amide bonds. The van der Waals surface area contributed by atoms with Gasteiger partial charge in [0.15, 0.2) is 12.4 Å². The first kappa shape index (κ1) is 40.3. The molecule has 0 fully saturated rings. The normalized spacial score (nSPS) is 14.5. The number of pyridine rings is 1. The standard InChI is InChI=1S/C33H57N7O6/c1-10-13-26(37-30(42)24-15-17-40(46)18-16-24)33(45)39(9)27(14-11-2)31(43)36-25(19-21(4)5)20-35-23(8)29(41)38-28(22(6)7)32(44)34-12-3/h15-18,21-23,25-28,35H,10-14,19-20H2,1-9H3,(H,34,44)(H,36,43)(H,37,42)(H,38,41)/t23-,25-,26-,27-,28-/m0/s1. The minimum atomic E-state index is -0.851. The molecule has 1 rings (SSSR count). The van der Waals surface area contributed by atoms with Crippen molar-refractivity contribution in [2.45, 2.75) is 118 Å². The summed E-state index contributed by atoms with van der Waals surface area (Å²) >= 11 is 0. The summed E-state index contributed by atoms with van der Waals surface area (Å²) in [4.78, 5) is 67.0. The van der Waals surface area contributed by atoms with Crippen LogP contribution >= 0.6 is 0 Å². The Bertz CT molecular complexity index is 1130. The molecule has 0 spiro atoms. The molecule has 0 aliphatic rings. The van der Waals surface area contributed by atoms with E-state index in [1.807, 2.05) is 48.5 Å². The van der Waals surface area contributed by atoms with Crippen LogP contribution in [0.15, 0.2) is 24.5 Å². The van der Waals surface area contributed by atoms with Crippen LogP contribution in [0.3, 0.4) is 0 Å². The molecule has 0 bridgehead atoms. The van der Waals surface area contributed by atoms with Crippen molar-refractivity contribution in [3.63, 3.8) is 0 Å². The number of carbonyl (C=O) groups is 5. The zero-order valence-electron chi connectivity index (χ0n) is 29.1. The van der Waals surface area contributed by atoms with Gasteiger partial charge in [0.2, 0.25) is 23.6 Å². The topological polar surface area (TPSA) is 176 Å². The largest absolute Gasteiger partial charge is 0.619 e. The minimum absolute atomic E-state index is 0.0967. The maximum atomic E-state index is 13.7. The lowest BCUT2D eigenvalue weighted by atomic mass is 10.0. The van der Waals surface area contributed by atoms with Gasteiger partial charge in [0.1, 0.15) is 18.1 Å². The third kappa shape index (κ3) is 13.3. The first-order valence-corrected chi connectivity index (χ1v) is 16.5. The molecule has 0 aliphatic heterocycles. The number of carbonyl (C=O) groups excluding carboxylic acids is 5. The Morgan fingerprint density at radius 2 is 1.46 bits per heavy atom. The van der Waals surface area contributed by atoms with Crippen LogP contribution in [0.4, 0.5) is 0 Å². The predicted molar refractivity (Wildman–Crippen MR) is 177 cm³/mol. The van der Waals surface area contributed by atoms with Gasteiger partial charge in [-0.1, -0.05) is 54.4 Å². The van der Waals surface area contributed by atoms with Crippen LogP contribution in [0.25, 0.3) is 0 Å². The highest BCUT2D eigenvalue weighted by molar-refractivity contribution is 5.98. The summed E-state index contributed by atoms with van der Waals surface area (Å²) in [5, 5.41) is 26.0.